The van der Waals surface area contributed by atoms with Crippen LogP contribution < -0.4 is 5.32 Å². The highest BCUT2D eigenvalue weighted by molar-refractivity contribution is 5.94. The van der Waals surface area contributed by atoms with Crippen LogP contribution in [0.25, 0.3) is 0 Å². The lowest BCUT2D eigenvalue weighted by molar-refractivity contribution is 0.0954. The molecule has 0 aliphatic carbocycles. The molecule has 1 aromatic carbocycles. The predicted molar refractivity (Wildman–Crippen MR) is 77.6 cm³/mol. The third-order valence-electron chi connectivity index (χ3n) is 3.73. The van der Waals surface area contributed by atoms with E-state index < -0.39 is 0 Å². The van der Waals surface area contributed by atoms with Crippen LogP contribution in [0.2, 0.25) is 0 Å². The molecule has 1 amide bonds. The smallest absolute Gasteiger partial charge is 0.251 e. The van der Waals surface area contributed by atoms with Crippen LogP contribution in [0.3, 0.4) is 0 Å². The van der Waals surface area contributed by atoms with E-state index in [-0.39, 0.29) is 11.7 Å². The predicted octanol–water partition coefficient (Wildman–Crippen LogP) is 2.33. The second-order valence-electron chi connectivity index (χ2n) is 5.31. The first-order valence-corrected chi connectivity index (χ1v) is 7.31. The van der Waals surface area contributed by atoms with Crippen LogP contribution in [0.15, 0.2) is 30.5 Å². The summed E-state index contributed by atoms with van der Waals surface area (Å²) in [6.45, 7) is 1.58. The van der Waals surface area contributed by atoms with Crippen LogP contribution in [0.1, 0.15) is 34.7 Å². The number of carbonyl (C=O) groups is 1. The number of benzene rings is 1. The van der Waals surface area contributed by atoms with Crippen LogP contribution in [-0.4, -0.2) is 22.0 Å². The molecule has 1 aliphatic rings. The highest BCUT2D eigenvalue weighted by Gasteiger charge is 2.12. The van der Waals surface area contributed by atoms with Crippen LogP contribution in [0, 0.1) is 5.82 Å². The molecular weight excluding hydrogens is 269 g/mol. The Balaban J connectivity index is 1.52. The molecule has 0 spiro atoms. The minimum atomic E-state index is -0.338. The number of rotatable bonds is 4. The molecule has 0 fully saturated rings. The summed E-state index contributed by atoms with van der Waals surface area (Å²) >= 11 is 0. The van der Waals surface area contributed by atoms with Gasteiger partial charge in [-0.2, -0.15) is 0 Å². The van der Waals surface area contributed by atoms with Crippen molar-refractivity contribution >= 4 is 5.91 Å². The van der Waals surface area contributed by atoms with Gasteiger partial charge in [-0.25, -0.2) is 9.37 Å². The van der Waals surface area contributed by atoms with Crippen molar-refractivity contribution < 1.29 is 9.18 Å². The first-order chi connectivity index (χ1) is 10.2. The molecule has 3 rings (SSSR count). The van der Waals surface area contributed by atoms with Crippen molar-refractivity contribution in [1.82, 2.24) is 14.9 Å². The van der Waals surface area contributed by atoms with Crippen molar-refractivity contribution in [1.29, 1.82) is 0 Å². The lowest BCUT2D eigenvalue weighted by Gasteiger charge is -2.11. The molecule has 2 heterocycles. The third-order valence-corrected chi connectivity index (χ3v) is 3.73. The Morgan fingerprint density at radius 1 is 1.29 bits per heavy atom. The molecule has 0 bridgehead atoms. The van der Waals surface area contributed by atoms with Gasteiger partial charge in [0.15, 0.2) is 0 Å². The van der Waals surface area contributed by atoms with Crippen molar-refractivity contribution in [2.24, 2.45) is 0 Å². The maximum absolute atomic E-state index is 12.8. The lowest BCUT2D eigenvalue weighted by Crippen LogP contribution is -2.25. The fourth-order valence-electron chi connectivity index (χ4n) is 2.60. The molecule has 0 atom stereocenters. The fourth-order valence-corrected chi connectivity index (χ4v) is 2.60. The largest absolute Gasteiger partial charge is 0.352 e. The van der Waals surface area contributed by atoms with Gasteiger partial charge in [-0.15, -0.1) is 0 Å². The van der Waals surface area contributed by atoms with Gasteiger partial charge in [0.25, 0.3) is 5.91 Å². The van der Waals surface area contributed by atoms with Gasteiger partial charge in [0.05, 0.1) is 5.69 Å². The maximum atomic E-state index is 12.8. The van der Waals surface area contributed by atoms with Crippen LogP contribution in [-0.2, 0) is 19.4 Å². The average Bonchev–Trinajstić information content (AvgIpc) is 2.90. The van der Waals surface area contributed by atoms with Crippen molar-refractivity contribution in [3.8, 4) is 0 Å². The first-order valence-electron chi connectivity index (χ1n) is 7.31. The first kappa shape index (κ1) is 13.8. The molecule has 110 valence electrons. The Bertz CT molecular complexity index is 610. The molecule has 2 aromatic rings. The molecule has 0 saturated carbocycles. The lowest BCUT2D eigenvalue weighted by atomic mass is 10.2. The van der Waals surface area contributed by atoms with E-state index in [2.05, 4.69) is 21.1 Å². The summed E-state index contributed by atoms with van der Waals surface area (Å²) in [5, 5.41) is 2.84. The Hall–Kier alpha value is -2.17. The van der Waals surface area contributed by atoms with Gasteiger partial charge in [0.1, 0.15) is 11.6 Å². The summed E-state index contributed by atoms with van der Waals surface area (Å²) in [7, 11) is 0. The SMILES string of the molecule is O=C(NCCc1cn2c(n1)CCCC2)c1ccc(F)cc1. The summed E-state index contributed by atoms with van der Waals surface area (Å²) in [6, 6.07) is 5.55. The van der Waals surface area contributed by atoms with E-state index in [1.54, 1.807) is 0 Å². The second-order valence-corrected chi connectivity index (χ2v) is 5.31. The standard InChI is InChI=1S/C16H18FN3O/c17-13-6-4-12(5-7-13)16(21)18-9-8-14-11-20-10-2-1-3-15(20)19-14/h4-7,11H,1-3,8-10H2,(H,18,21). The van der Waals surface area contributed by atoms with Gasteiger partial charge < -0.3 is 9.88 Å². The number of fused-ring (bicyclic) bond motifs is 1. The number of hydrogen-bond acceptors (Lipinski definition) is 2. The summed E-state index contributed by atoms with van der Waals surface area (Å²) < 4.78 is 15.0. The average molecular weight is 287 g/mol. The van der Waals surface area contributed by atoms with Gasteiger partial charge >= 0.3 is 0 Å². The molecule has 0 saturated heterocycles. The Kier molecular flexibility index (Phi) is 3.99. The number of aryl methyl sites for hydroxylation is 2. The monoisotopic (exact) mass is 287 g/mol. The van der Waals surface area contributed by atoms with E-state index in [9.17, 15) is 9.18 Å². The number of halogens is 1. The molecular formula is C16H18FN3O. The molecule has 1 aliphatic heterocycles. The van der Waals surface area contributed by atoms with Crippen LogP contribution >= 0.6 is 0 Å². The minimum Gasteiger partial charge on any atom is -0.352 e. The van der Waals surface area contributed by atoms with Crippen molar-refractivity contribution in [3.05, 3.63) is 53.4 Å². The van der Waals surface area contributed by atoms with Crippen molar-refractivity contribution in [3.63, 3.8) is 0 Å². The molecule has 0 radical (unpaired) electrons. The number of aromatic nitrogens is 2. The molecule has 1 aromatic heterocycles. The van der Waals surface area contributed by atoms with Gasteiger partial charge in [-0.05, 0) is 37.1 Å². The number of carbonyl (C=O) groups excluding carboxylic acids is 1. The number of hydrogen-bond donors (Lipinski definition) is 1. The zero-order valence-electron chi connectivity index (χ0n) is 11.8. The van der Waals surface area contributed by atoms with Crippen molar-refractivity contribution in [2.75, 3.05) is 6.54 Å². The number of imidazole rings is 1. The summed E-state index contributed by atoms with van der Waals surface area (Å²) in [5.74, 6) is 0.634. The van der Waals surface area contributed by atoms with Gasteiger partial charge in [-0.1, -0.05) is 0 Å². The molecule has 5 heteroatoms. The summed E-state index contributed by atoms with van der Waals surface area (Å²) in [5.41, 5.74) is 1.49. The normalized spacial score (nSPS) is 13.8. The summed E-state index contributed by atoms with van der Waals surface area (Å²) in [4.78, 5) is 16.5. The quantitative estimate of drug-likeness (QED) is 0.938. The van der Waals surface area contributed by atoms with E-state index in [1.165, 1.54) is 37.1 Å². The Morgan fingerprint density at radius 2 is 2.10 bits per heavy atom. The van der Waals surface area contributed by atoms with Crippen LogP contribution in [0.5, 0.6) is 0 Å². The van der Waals surface area contributed by atoms with Gasteiger partial charge in [0, 0.05) is 37.7 Å². The van der Waals surface area contributed by atoms with Gasteiger partial charge in [-0.3, -0.25) is 4.79 Å². The van der Waals surface area contributed by atoms with E-state index in [0.717, 1.165) is 24.5 Å². The van der Waals surface area contributed by atoms with Crippen molar-refractivity contribution in [2.45, 2.75) is 32.2 Å². The molecule has 4 nitrogen and oxygen atoms in total. The molecule has 21 heavy (non-hydrogen) atoms. The Labute approximate surface area is 123 Å². The molecule has 0 unspecified atom stereocenters. The van der Waals surface area contributed by atoms with E-state index in [4.69, 9.17) is 0 Å². The maximum Gasteiger partial charge on any atom is 0.251 e. The zero-order chi connectivity index (χ0) is 14.7. The third kappa shape index (κ3) is 3.29. The topological polar surface area (TPSA) is 46.9 Å². The highest BCUT2D eigenvalue weighted by Crippen LogP contribution is 2.14. The molecule has 1 N–H and O–H groups in total. The minimum absolute atomic E-state index is 0.182. The number of nitrogens with one attached hydrogen (secondary N) is 1. The fraction of sp³-hybridized carbons (Fsp3) is 0.375. The van der Waals surface area contributed by atoms with E-state index in [1.807, 2.05) is 0 Å². The number of amides is 1. The van der Waals surface area contributed by atoms with Gasteiger partial charge in [0.2, 0.25) is 0 Å². The second kappa shape index (κ2) is 6.08. The highest BCUT2D eigenvalue weighted by atomic mass is 19.1. The van der Waals surface area contributed by atoms with E-state index in [0.29, 0.717) is 18.5 Å². The zero-order valence-corrected chi connectivity index (χ0v) is 11.8. The summed E-state index contributed by atoms with van der Waals surface area (Å²) in [6.07, 6.45) is 6.26. The Morgan fingerprint density at radius 3 is 2.86 bits per heavy atom. The number of nitrogens with zero attached hydrogens (tertiary/aromatic N) is 2. The van der Waals surface area contributed by atoms with Crippen LogP contribution in [0.4, 0.5) is 4.39 Å². The van der Waals surface area contributed by atoms with E-state index >= 15 is 0 Å².